The monoisotopic (exact) mass is 828 g/mol. The Morgan fingerprint density at radius 3 is 1.77 bits per heavy atom. The van der Waals surface area contributed by atoms with Gasteiger partial charge in [0.25, 0.3) is 0 Å². The van der Waals surface area contributed by atoms with Gasteiger partial charge in [-0.25, -0.2) is 0 Å². The van der Waals surface area contributed by atoms with Crippen molar-refractivity contribution in [3.63, 3.8) is 0 Å². The number of rotatable bonds is 3. The number of hydrogen-bond donors (Lipinski definition) is 1. The SMILES string of the molecule is c1ccc2c(c1)-c1ccccc1C21c2ccccc2-c2c(-c3[nH]c(-n4c5ccccc5c5cc6cc(-c7ccc8c(c7)sc7ccccc78)ccc6cc54)c4ccccc34)cccc21. The summed E-state index contributed by atoms with van der Waals surface area (Å²) in [5.74, 6) is 1.08. The summed E-state index contributed by atoms with van der Waals surface area (Å²) in [4.78, 5) is 4.14. The summed E-state index contributed by atoms with van der Waals surface area (Å²) < 4.78 is 5.14. The maximum absolute atomic E-state index is 4.14. The lowest BCUT2D eigenvalue weighted by Crippen LogP contribution is -2.25. The van der Waals surface area contributed by atoms with Crippen molar-refractivity contribution in [3.05, 3.63) is 235 Å². The molecule has 15 rings (SSSR count). The molecule has 0 saturated carbocycles. The highest BCUT2D eigenvalue weighted by molar-refractivity contribution is 7.25. The van der Waals surface area contributed by atoms with Crippen molar-refractivity contribution in [1.82, 2.24) is 9.55 Å². The molecule has 0 saturated heterocycles. The molecule has 3 heteroatoms. The third kappa shape index (κ3) is 4.39. The first-order valence-corrected chi connectivity index (χ1v) is 23.0. The first-order chi connectivity index (χ1) is 31.7. The van der Waals surface area contributed by atoms with Crippen molar-refractivity contribution in [2.45, 2.75) is 5.41 Å². The molecule has 3 aromatic heterocycles. The molecule has 0 amide bonds. The number of para-hydroxylation sites is 1. The van der Waals surface area contributed by atoms with Gasteiger partial charge in [0.1, 0.15) is 5.82 Å². The summed E-state index contributed by atoms with van der Waals surface area (Å²) in [5.41, 5.74) is 17.5. The van der Waals surface area contributed by atoms with Crippen LogP contribution in [0.25, 0.3) is 114 Å². The summed E-state index contributed by atoms with van der Waals surface area (Å²) in [7, 11) is 0. The lowest BCUT2D eigenvalue weighted by Gasteiger charge is -2.30. The summed E-state index contributed by atoms with van der Waals surface area (Å²) >= 11 is 1.88. The third-order valence-electron chi connectivity index (χ3n) is 14.6. The first kappa shape index (κ1) is 34.6. The predicted molar refractivity (Wildman–Crippen MR) is 270 cm³/mol. The number of fused-ring (bicyclic) bond motifs is 18. The van der Waals surface area contributed by atoms with E-state index >= 15 is 0 Å². The molecule has 3 heterocycles. The second-order valence-corrected chi connectivity index (χ2v) is 18.7. The highest BCUT2D eigenvalue weighted by Gasteiger charge is 2.52. The van der Waals surface area contributed by atoms with Gasteiger partial charge in [-0.1, -0.05) is 176 Å². The Bertz CT molecular complexity index is 4110. The van der Waals surface area contributed by atoms with Crippen LogP contribution in [-0.4, -0.2) is 9.55 Å². The van der Waals surface area contributed by atoms with Crippen molar-refractivity contribution >= 4 is 74.9 Å². The van der Waals surface area contributed by atoms with E-state index < -0.39 is 5.41 Å². The predicted octanol–water partition coefficient (Wildman–Crippen LogP) is 16.5. The molecule has 64 heavy (non-hydrogen) atoms. The molecule has 2 aliphatic rings. The van der Waals surface area contributed by atoms with Crippen LogP contribution in [0.5, 0.6) is 0 Å². The maximum atomic E-state index is 4.14. The summed E-state index contributed by atoms with van der Waals surface area (Å²) in [6, 6.07) is 79.5. The fourth-order valence-corrected chi connectivity index (χ4v) is 13.1. The van der Waals surface area contributed by atoms with E-state index in [1.807, 2.05) is 11.3 Å². The molecule has 2 nitrogen and oxygen atoms in total. The number of nitrogens with zero attached hydrogens (tertiary/aromatic N) is 1. The van der Waals surface area contributed by atoms with Crippen molar-refractivity contribution in [2.75, 3.05) is 0 Å². The fraction of sp³-hybridized carbons (Fsp3) is 0.0164. The van der Waals surface area contributed by atoms with Crippen LogP contribution in [-0.2, 0) is 5.41 Å². The van der Waals surface area contributed by atoms with Crippen LogP contribution < -0.4 is 0 Å². The Labute approximate surface area is 372 Å². The zero-order valence-corrected chi connectivity index (χ0v) is 35.4. The topological polar surface area (TPSA) is 20.7 Å². The molecule has 13 aromatic rings. The standard InChI is InChI=1S/C61H36N2S/c1-2-19-46-45(18-1)59(48-21-13-25-53-58(48)47-20-5-10-24-52(47)61(53)50-22-8-3-14-40(50)41-15-4-9-23-51(41)61)62-60(46)63-54-26-11-6-16-42(54)49-33-39-32-36(28-29-37(39)34-55(49)63)38-30-31-44-43-17-7-12-27-56(43)64-57(44)35-38/h1-35,62H. The first-order valence-electron chi connectivity index (χ1n) is 22.2. The van der Waals surface area contributed by atoms with Gasteiger partial charge in [-0.05, 0) is 103 Å². The van der Waals surface area contributed by atoms with Crippen LogP contribution in [0, 0.1) is 0 Å². The zero-order valence-electron chi connectivity index (χ0n) is 34.6. The van der Waals surface area contributed by atoms with E-state index in [0.29, 0.717) is 0 Å². The zero-order chi connectivity index (χ0) is 41.7. The number of hydrogen-bond acceptors (Lipinski definition) is 1. The lowest BCUT2D eigenvalue weighted by atomic mass is 9.70. The van der Waals surface area contributed by atoms with Crippen LogP contribution in [0.4, 0.5) is 0 Å². The molecule has 0 unspecified atom stereocenters. The van der Waals surface area contributed by atoms with Gasteiger partial charge in [0, 0.05) is 47.3 Å². The van der Waals surface area contributed by atoms with Gasteiger partial charge in [-0.15, -0.1) is 11.3 Å². The van der Waals surface area contributed by atoms with Crippen LogP contribution in [0.3, 0.4) is 0 Å². The number of nitrogens with one attached hydrogen (secondary N) is 1. The smallest absolute Gasteiger partial charge is 0.123 e. The molecule has 0 aliphatic heterocycles. The summed E-state index contributed by atoms with van der Waals surface area (Å²) in [6.07, 6.45) is 0. The number of thiophene rings is 1. The Kier molecular flexibility index (Phi) is 6.79. The Hall–Kier alpha value is -7.98. The van der Waals surface area contributed by atoms with Gasteiger partial charge in [-0.2, -0.15) is 0 Å². The number of benzene rings is 10. The Morgan fingerprint density at radius 1 is 0.359 bits per heavy atom. The maximum Gasteiger partial charge on any atom is 0.123 e. The van der Waals surface area contributed by atoms with Gasteiger partial charge < -0.3 is 4.98 Å². The van der Waals surface area contributed by atoms with E-state index in [4.69, 9.17) is 0 Å². The molecule has 2 aliphatic carbocycles. The van der Waals surface area contributed by atoms with Crippen LogP contribution in [0.2, 0.25) is 0 Å². The molecule has 10 aromatic carbocycles. The quantitative estimate of drug-likeness (QED) is 0.183. The average molecular weight is 829 g/mol. The van der Waals surface area contributed by atoms with E-state index in [1.54, 1.807) is 0 Å². The summed E-state index contributed by atoms with van der Waals surface area (Å²) in [6.45, 7) is 0. The average Bonchev–Trinajstić information content (AvgIpc) is 4.15. The van der Waals surface area contributed by atoms with Gasteiger partial charge in [0.05, 0.1) is 22.1 Å². The van der Waals surface area contributed by atoms with Crippen LogP contribution in [0.15, 0.2) is 212 Å². The number of H-pyrrole nitrogens is 1. The molecule has 0 radical (unpaired) electrons. The molecule has 1 spiro atoms. The van der Waals surface area contributed by atoms with Crippen molar-refractivity contribution in [2.24, 2.45) is 0 Å². The van der Waals surface area contributed by atoms with Crippen molar-refractivity contribution < 1.29 is 0 Å². The third-order valence-corrected chi connectivity index (χ3v) is 15.7. The van der Waals surface area contributed by atoms with E-state index in [2.05, 4.69) is 222 Å². The highest BCUT2D eigenvalue weighted by atomic mass is 32.1. The minimum atomic E-state index is -0.403. The molecule has 296 valence electrons. The van der Waals surface area contributed by atoms with Crippen molar-refractivity contribution in [3.8, 4) is 50.5 Å². The minimum absolute atomic E-state index is 0.403. The molecular weight excluding hydrogens is 793 g/mol. The number of aromatic amines is 1. The second-order valence-electron chi connectivity index (χ2n) is 17.6. The van der Waals surface area contributed by atoms with Gasteiger partial charge in [-0.3, -0.25) is 4.57 Å². The van der Waals surface area contributed by atoms with E-state index in [0.717, 1.165) is 11.5 Å². The lowest BCUT2D eigenvalue weighted by molar-refractivity contribution is 0.794. The highest BCUT2D eigenvalue weighted by Crippen LogP contribution is 2.64. The Morgan fingerprint density at radius 2 is 0.953 bits per heavy atom. The van der Waals surface area contributed by atoms with E-state index in [1.165, 1.54) is 125 Å². The van der Waals surface area contributed by atoms with E-state index in [-0.39, 0.29) is 0 Å². The van der Waals surface area contributed by atoms with Gasteiger partial charge >= 0.3 is 0 Å². The molecular formula is C61H36N2S. The second kappa shape index (κ2) is 12.6. The molecule has 0 atom stereocenters. The fourth-order valence-electron chi connectivity index (χ4n) is 11.9. The van der Waals surface area contributed by atoms with Crippen molar-refractivity contribution in [1.29, 1.82) is 0 Å². The molecule has 0 bridgehead atoms. The van der Waals surface area contributed by atoms with E-state index in [9.17, 15) is 0 Å². The normalized spacial score (nSPS) is 13.4. The minimum Gasteiger partial charge on any atom is -0.340 e. The summed E-state index contributed by atoms with van der Waals surface area (Å²) in [5, 5.41) is 10.0. The number of aromatic nitrogens is 2. The van der Waals surface area contributed by atoms with Crippen LogP contribution in [0.1, 0.15) is 22.3 Å². The largest absolute Gasteiger partial charge is 0.340 e. The Balaban J connectivity index is 0.942. The van der Waals surface area contributed by atoms with Gasteiger partial charge in [0.15, 0.2) is 0 Å². The molecule has 1 N–H and O–H groups in total. The van der Waals surface area contributed by atoms with Gasteiger partial charge in [0.2, 0.25) is 0 Å². The van der Waals surface area contributed by atoms with Crippen LogP contribution >= 0.6 is 11.3 Å². The molecule has 0 fully saturated rings.